The zero-order chi connectivity index (χ0) is 12.2. The number of nitrogens with one attached hydrogen (secondary N) is 1. The minimum Gasteiger partial charge on any atom is -0.748 e. The van der Waals surface area contributed by atoms with E-state index in [1.54, 1.807) is 6.92 Å². The van der Waals surface area contributed by atoms with Crippen molar-refractivity contribution in [1.29, 1.82) is 0 Å². The van der Waals surface area contributed by atoms with Gasteiger partial charge in [-0.3, -0.25) is 4.79 Å². The highest BCUT2D eigenvalue weighted by molar-refractivity contribution is 7.85. The second-order valence-electron chi connectivity index (χ2n) is 2.95. The summed E-state index contributed by atoms with van der Waals surface area (Å²) in [5.74, 6) is -0.792. The average Bonchev–Trinajstić information content (AvgIpc) is 2.62. The zero-order valence-electron chi connectivity index (χ0n) is 8.54. The fraction of sp³-hybridized carbons (Fsp3) is 0.571. The Bertz CT molecular complexity index is 468. The molecule has 1 heterocycles. The number of hydrogen-bond donors (Lipinski definition) is 1. The van der Waals surface area contributed by atoms with E-state index in [-0.39, 0.29) is 12.5 Å². The van der Waals surface area contributed by atoms with Gasteiger partial charge >= 0.3 is 0 Å². The number of aryl methyl sites for hydroxylation is 1. The van der Waals surface area contributed by atoms with Crippen LogP contribution in [0.2, 0.25) is 0 Å². The summed E-state index contributed by atoms with van der Waals surface area (Å²) in [6.07, 6.45) is 1.42. The Kier molecular flexibility index (Phi) is 4.33. The van der Waals surface area contributed by atoms with Gasteiger partial charge in [0.2, 0.25) is 6.20 Å². The molecule has 0 bridgehead atoms. The van der Waals surface area contributed by atoms with Gasteiger partial charge in [-0.15, -0.1) is 0 Å². The molecule has 0 aromatic carbocycles. The van der Waals surface area contributed by atoms with E-state index in [1.165, 1.54) is 10.9 Å². The van der Waals surface area contributed by atoms with Gasteiger partial charge in [0, 0.05) is 18.1 Å². The third-order valence-electron chi connectivity index (χ3n) is 1.64. The fourth-order valence-electron chi connectivity index (χ4n) is 0.937. The molecule has 9 heteroatoms. The van der Waals surface area contributed by atoms with Crippen LogP contribution < -0.4 is 10.00 Å². The summed E-state index contributed by atoms with van der Waals surface area (Å²) in [7, 11) is -4.25. The first-order valence-electron chi connectivity index (χ1n) is 4.50. The molecule has 1 rings (SSSR count). The van der Waals surface area contributed by atoms with Crippen molar-refractivity contribution < 1.29 is 22.4 Å². The van der Waals surface area contributed by atoms with E-state index in [2.05, 4.69) is 9.81 Å². The van der Waals surface area contributed by atoms with E-state index in [0.717, 1.165) is 11.5 Å². The molecule has 0 aliphatic carbocycles. The first-order chi connectivity index (χ1) is 7.42. The largest absolute Gasteiger partial charge is 0.748 e. The predicted octanol–water partition coefficient (Wildman–Crippen LogP) is -1.27. The number of amides is 1. The molecule has 1 N–H and O–H groups in total. The highest BCUT2D eigenvalue weighted by atomic mass is 32.2. The predicted molar refractivity (Wildman–Crippen MR) is 54.9 cm³/mol. The van der Waals surface area contributed by atoms with Crippen molar-refractivity contribution in [2.75, 3.05) is 12.3 Å². The molecular formula is C7H11N3O4S2. The van der Waals surface area contributed by atoms with Gasteiger partial charge in [0.1, 0.15) is 10.1 Å². The summed E-state index contributed by atoms with van der Waals surface area (Å²) in [4.78, 5) is 11.7. The Balaban J connectivity index is 2.61. The molecule has 0 spiro atoms. The molecule has 0 aliphatic rings. The molecule has 0 saturated heterocycles. The van der Waals surface area contributed by atoms with E-state index in [0.29, 0.717) is 11.4 Å². The Morgan fingerprint density at radius 1 is 1.69 bits per heavy atom. The van der Waals surface area contributed by atoms with Crippen LogP contribution in [0.15, 0.2) is 6.20 Å². The van der Waals surface area contributed by atoms with Crippen molar-refractivity contribution in [3.8, 4) is 0 Å². The lowest BCUT2D eigenvalue weighted by Crippen LogP contribution is -2.38. The first-order valence-corrected chi connectivity index (χ1v) is 6.85. The van der Waals surface area contributed by atoms with Crippen LogP contribution in [0.1, 0.15) is 16.6 Å². The van der Waals surface area contributed by atoms with E-state index < -0.39 is 15.9 Å². The third kappa shape index (κ3) is 4.21. The Hall–Kier alpha value is -1.06. The monoisotopic (exact) mass is 265 g/mol. The summed E-state index contributed by atoms with van der Waals surface area (Å²) < 4.78 is 36.2. The summed E-state index contributed by atoms with van der Waals surface area (Å²) in [6, 6.07) is 0. The molecule has 1 aromatic rings. The average molecular weight is 265 g/mol. The minimum absolute atomic E-state index is 0.0399. The number of aromatic nitrogens is 2. The van der Waals surface area contributed by atoms with Gasteiger partial charge < -0.3 is 9.87 Å². The molecule has 1 amide bonds. The summed E-state index contributed by atoms with van der Waals surface area (Å²) >= 11 is 0.952. The minimum atomic E-state index is -4.25. The molecule has 0 unspecified atom stereocenters. The van der Waals surface area contributed by atoms with E-state index >= 15 is 0 Å². The zero-order valence-corrected chi connectivity index (χ0v) is 10.2. The van der Waals surface area contributed by atoms with Crippen molar-refractivity contribution in [3.05, 3.63) is 11.1 Å². The molecule has 7 nitrogen and oxygen atoms in total. The first kappa shape index (κ1) is 13.0. The maximum Gasteiger partial charge on any atom is 0.269 e. The Morgan fingerprint density at radius 2 is 2.38 bits per heavy atom. The number of nitrogens with zero attached hydrogens (tertiary/aromatic N) is 2. The molecule has 0 atom stereocenters. The normalized spacial score (nSPS) is 11.4. The molecule has 16 heavy (non-hydrogen) atoms. The van der Waals surface area contributed by atoms with Gasteiger partial charge in [0.05, 0.1) is 10.2 Å². The van der Waals surface area contributed by atoms with Crippen molar-refractivity contribution in [3.63, 3.8) is 0 Å². The Labute approximate surface area is 97.0 Å². The Morgan fingerprint density at radius 3 is 2.94 bits per heavy atom. The van der Waals surface area contributed by atoms with Crippen molar-refractivity contribution in [1.82, 2.24) is 9.81 Å². The van der Waals surface area contributed by atoms with Crippen LogP contribution in [0.5, 0.6) is 0 Å². The SMILES string of the molecule is CCNC(=O)c1c[n+](CCS(=O)(=O)[O-])ns1. The van der Waals surface area contributed by atoms with Gasteiger partial charge in [0.25, 0.3) is 5.91 Å². The summed E-state index contributed by atoms with van der Waals surface area (Å²) in [6.45, 7) is 2.25. The molecule has 0 aliphatic heterocycles. The van der Waals surface area contributed by atoms with E-state index in [4.69, 9.17) is 0 Å². The maximum absolute atomic E-state index is 11.3. The van der Waals surface area contributed by atoms with Crippen LogP contribution in [0.4, 0.5) is 0 Å². The molecule has 0 radical (unpaired) electrons. The molecule has 0 saturated carbocycles. The lowest BCUT2D eigenvalue weighted by molar-refractivity contribution is -0.742. The second kappa shape index (κ2) is 5.32. The third-order valence-corrected chi connectivity index (χ3v) is 3.10. The van der Waals surface area contributed by atoms with E-state index in [1.807, 2.05) is 0 Å². The highest BCUT2D eigenvalue weighted by Crippen LogP contribution is 2.00. The number of rotatable bonds is 5. The number of carbonyl (C=O) groups is 1. The maximum atomic E-state index is 11.3. The van der Waals surface area contributed by atoms with Crippen LogP contribution in [-0.4, -0.2) is 35.7 Å². The van der Waals surface area contributed by atoms with Gasteiger partial charge in [-0.2, -0.15) is 0 Å². The standard InChI is InChI=1S/C7H11N3O4S2/c1-2-8-7(11)6-5-10(9-15-6)3-4-16(12,13)14/h5H,2-4H2,1H3,(H-,8,11,12,13,14). The summed E-state index contributed by atoms with van der Waals surface area (Å²) in [5, 5.41) is 2.59. The number of hydrogen-bond acceptors (Lipinski definition) is 6. The van der Waals surface area contributed by atoms with Gasteiger partial charge in [-0.25, -0.2) is 8.42 Å². The second-order valence-corrected chi connectivity index (χ2v) is 5.26. The smallest absolute Gasteiger partial charge is 0.269 e. The van der Waals surface area contributed by atoms with Crippen LogP contribution in [0, 0.1) is 0 Å². The van der Waals surface area contributed by atoms with E-state index in [9.17, 15) is 17.8 Å². The molecule has 0 fully saturated rings. The van der Waals surface area contributed by atoms with Crippen molar-refractivity contribution in [2.45, 2.75) is 13.5 Å². The van der Waals surface area contributed by atoms with Gasteiger partial charge in [-0.05, 0) is 6.92 Å². The van der Waals surface area contributed by atoms with Gasteiger partial charge in [-0.1, -0.05) is 4.68 Å². The van der Waals surface area contributed by atoms with Gasteiger partial charge in [0.15, 0.2) is 11.4 Å². The lowest BCUT2D eigenvalue weighted by Gasteiger charge is -2.00. The number of carbonyl (C=O) groups excluding carboxylic acids is 1. The lowest BCUT2D eigenvalue weighted by atomic mass is 10.5. The van der Waals surface area contributed by atoms with Crippen LogP contribution in [-0.2, 0) is 16.7 Å². The van der Waals surface area contributed by atoms with Crippen LogP contribution >= 0.6 is 11.5 Å². The van der Waals surface area contributed by atoms with Crippen molar-refractivity contribution in [2.24, 2.45) is 0 Å². The van der Waals surface area contributed by atoms with Crippen LogP contribution in [0.25, 0.3) is 0 Å². The highest BCUT2D eigenvalue weighted by Gasteiger charge is 2.16. The van der Waals surface area contributed by atoms with Crippen molar-refractivity contribution >= 4 is 27.6 Å². The summed E-state index contributed by atoms with van der Waals surface area (Å²) in [5.41, 5.74) is 0. The topological polar surface area (TPSA) is 103 Å². The molecule has 1 aromatic heterocycles. The van der Waals surface area contributed by atoms with Crippen LogP contribution in [0.3, 0.4) is 0 Å². The molecular weight excluding hydrogens is 254 g/mol. The fourth-order valence-corrected chi connectivity index (χ4v) is 1.99. The quantitative estimate of drug-likeness (QED) is 0.528. The molecule has 90 valence electrons.